The van der Waals surface area contributed by atoms with Gasteiger partial charge in [-0.1, -0.05) is 5.16 Å². The molecule has 0 unspecified atom stereocenters. The summed E-state index contributed by atoms with van der Waals surface area (Å²) < 4.78 is 12.6. The molecule has 20 heavy (non-hydrogen) atoms. The minimum atomic E-state index is 0.0135. The van der Waals surface area contributed by atoms with Crippen LogP contribution < -0.4 is 15.2 Å². The first-order valence-electron chi connectivity index (χ1n) is 5.91. The van der Waals surface area contributed by atoms with Gasteiger partial charge in [0.15, 0.2) is 17.3 Å². The molecule has 0 atom stereocenters. The number of aryl methyl sites for hydroxylation is 1. The SMILES string of the molecule is COc1cc(/C(N)=N/O)ccc1OCc1ccn(C)n1. The van der Waals surface area contributed by atoms with Crippen LogP contribution in [0, 0.1) is 0 Å². The highest BCUT2D eigenvalue weighted by Crippen LogP contribution is 2.28. The Hall–Kier alpha value is -2.70. The molecule has 1 aromatic heterocycles. The number of rotatable bonds is 5. The van der Waals surface area contributed by atoms with Crippen molar-refractivity contribution in [3.05, 3.63) is 41.7 Å². The summed E-state index contributed by atoms with van der Waals surface area (Å²) in [4.78, 5) is 0. The van der Waals surface area contributed by atoms with E-state index in [9.17, 15) is 0 Å². The van der Waals surface area contributed by atoms with Gasteiger partial charge < -0.3 is 20.4 Å². The van der Waals surface area contributed by atoms with Crippen molar-refractivity contribution in [1.82, 2.24) is 9.78 Å². The van der Waals surface area contributed by atoms with E-state index in [0.717, 1.165) is 5.69 Å². The van der Waals surface area contributed by atoms with Gasteiger partial charge in [-0.3, -0.25) is 4.68 Å². The zero-order valence-corrected chi connectivity index (χ0v) is 11.3. The number of benzene rings is 1. The minimum Gasteiger partial charge on any atom is -0.493 e. The summed E-state index contributed by atoms with van der Waals surface area (Å²) in [7, 11) is 3.37. The van der Waals surface area contributed by atoms with Gasteiger partial charge in [0.1, 0.15) is 6.61 Å². The van der Waals surface area contributed by atoms with Crippen LogP contribution in [0.5, 0.6) is 11.5 Å². The Morgan fingerprint density at radius 3 is 2.80 bits per heavy atom. The number of nitrogens with two attached hydrogens (primary N) is 1. The van der Waals surface area contributed by atoms with E-state index >= 15 is 0 Å². The van der Waals surface area contributed by atoms with E-state index in [1.165, 1.54) is 7.11 Å². The highest BCUT2D eigenvalue weighted by atomic mass is 16.5. The lowest BCUT2D eigenvalue weighted by Gasteiger charge is -2.11. The maximum Gasteiger partial charge on any atom is 0.170 e. The normalized spacial score (nSPS) is 11.4. The van der Waals surface area contributed by atoms with Gasteiger partial charge in [0, 0.05) is 18.8 Å². The predicted molar refractivity (Wildman–Crippen MR) is 73.0 cm³/mol. The number of amidine groups is 1. The highest BCUT2D eigenvalue weighted by molar-refractivity contribution is 5.97. The first kappa shape index (κ1) is 13.7. The average molecular weight is 276 g/mol. The van der Waals surface area contributed by atoms with Gasteiger partial charge in [0.25, 0.3) is 0 Å². The standard InChI is InChI=1S/C13H16N4O3/c1-17-6-5-10(15-17)8-20-11-4-3-9(13(14)16-18)7-12(11)19-2/h3-7,18H,8H2,1-2H3,(H2,14,16). The molecule has 0 saturated carbocycles. The van der Waals surface area contributed by atoms with Gasteiger partial charge in [0.2, 0.25) is 0 Å². The lowest BCUT2D eigenvalue weighted by Crippen LogP contribution is -2.13. The Morgan fingerprint density at radius 2 is 2.20 bits per heavy atom. The monoisotopic (exact) mass is 276 g/mol. The fraction of sp³-hybridized carbons (Fsp3) is 0.231. The molecule has 7 heteroatoms. The zero-order chi connectivity index (χ0) is 14.5. The molecule has 0 bridgehead atoms. The van der Waals surface area contributed by atoms with E-state index in [2.05, 4.69) is 10.3 Å². The van der Waals surface area contributed by atoms with E-state index in [1.807, 2.05) is 19.3 Å². The molecule has 0 aliphatic carbocycles. The molecule has 0 spiro atoms. The molecule has 0 aliphatic heterocycles. The van der Waals surface area contributed by atoms with Crippen molar-refractivity contribution in [2.24, 2.45) is 17.9 Å². The number of hydrogen-bond donors (Lipinski definition) is 2. The molecular weight excluding hydrogens is 260 g/mol. The van der Waals surface area contributed by atoms with Crippen molar-refractivity contribution in [2.45, 2.75) is 6.61 Å². The fourth-order valence-electron chi connectivity index (χ4n) is 1.70. The summed E-state index contributed by atoms with van der Waals surface area (Å²) in [5.74, 6) is 1.08. The largest absolute Gasteiger partial charge is 0.493 e. The summed E-state index contributed by atoms with van der Waals surface area (Å²) in [6.07, 6.45) is 1.84. The third-order valence-corrected chi connectivity index (χ3v) is 2.71. The third kappa shape index (κ3) is 3.00. The van der Waals surface area contributed by atoms with Crippen LogP contribution in [0.2, 0.25) is 0 Å². The smallest absolute Gasteiger partial charge is 0.170 e. The van der Waals surface area contributed by atoms with Crippen LogP contribution in [0.25, 0.3) is 0 Å². The second-order valence-electron chi connectivity index (χ2n) is 4.12. The number of methoxy groups -OCH3 is 1. The molecule has 1 heterocycles. The van der Waals surface area contributed by atoms with Crippen LogP contribution in [0.4, 0.5) is 0 Å². The third-order valence-electron chi connectivity index (χ3n) is 2.71. The number of ether oxygens (including phenoxy) is 2. The van der Waals surface area contributed by atoms with E-state index < -0.39 is 0 Å². The lowest BCUT2D eigenvalue weighted by molar-refractivity contribution is 0.279. The molecule has 0 amide bonds. The average Bonchev–Trinajstić information content (AvgIpc) is 2.89. The van der Waals surface area contributed by atoms with Gasteiger partial charge in [0.05, 0.1) is 12.8 Å². The Labute approximate surface area is 116 Å². The highest BCUT2D eigenvalue weighted by Gasteiger charge is 2.09. The number of oxime groups is 1. The van der Waals surface area contributed by atoms with Crippen LogP contribution in [-0.2, 0) is 13.7 Å². The number of hydrogen-bond acceptors (Lipinski definition) is 5. The molecule has 1 aromatic carbocycles. The fourth-order valence-corrected chi connectivity index (χ4v) is 1.70. The lowest BCUT2D eigenvalue weighted by atomic mass is 10.2. The molecule has 0 saturated heterocycles. The summed E-state index contributed by atoms with van der Waals surface area (Å²) in [6.45, 7) is 0.333. The summed E-state index contributed by atoms with van der Waals surface area (Å²) in [6, 6.07) is 6.90. The first-order chi connectivity index (χ1) is 9.63. The molecule has 2 aromatic rings. The van der Waals surface area contributed by atoms with Crippen LogP contribution in [0.15, 0.2) is 35.6 Å². The minimum absolute atomic E-state index is 0.0135. The van der Waals surface area contributed by atoms with Gasteiger partial charge in [-0.25, -0.2) is 0 Å². The Morgan fingerprint density at radius 1 is 1.40 bits per heavy atom. The van der Waals surface area contributed by atoms with Crippen molar-refractivity contribution in [1.29, 1.82) is 0 Å². The van der Waals surface area contributed by atoms with Gasteiger partial charge in [-0.15, -0.1) is 0 Å². The quantitative estimate of drug-likeness (QED) is 0.369. The number of aromatic nitrogens is 2. The molecule has 0 fully saturated rings. The van der Waals surface area contributed by atoms with Crippen LogP contribution in [0.1, 0.15) is 11.3 Å². The Kier molecular flexibility index (Phi) is 4.09. The van der Waals surface area contributed by atoms with E-state index in [1.54, 1.807) is 22.9 Å². The molecule has 0 radical (unpaired) electrons. The van der Waals surface area contributed by atoms with Gasteiger partial charge >= 0.3 is 0 Å². The maximum atomic E-state index is 8.66. The van der Waals surface area contributed by atoms with Crippen molar-refractivity contribution in [2.75, 3.05) is 7.11 Å². The van der Waals surface area contributed by atoms with Crippen LogP contribution >= 0.6 is 0 Å². The van der Waals surface area contributed by atoms with Crippen molar-refractivity contribution < 1.29 is 14.7 Å². The van der Waals surface area contributed by atoms with Gasteiger partial charge in [-0.2, -0.15) is 5.10 Å². The van der Waals surface area contributed by atoms with Crippen LogP contribution in [-0.4, -0.2) is 27.9 Å². The van der Waals surface area contributed by atoms with Gasteiger partial charge in [-0.05, 0) is 24.3 Å². The van der Waals surface area contributed by atoms with Crippen LogP contribution in [0.3, 0.4) is 0 Å². The van der Waals surface area contributed by atoms with E-state index in [4.69, 9.17) is 20.4 Å². The molecule has 7 nitrogen and oxygen atoms in total. The van der Waals surface area contributed by atoms with Crippen molar-refractivity contribution in [3.63, 3.8) is 0 Å². The second kappa shape index (κ2) is 5.96. The molecule has 2 rings (SSSR count). The van der Waals surface area contributed by atoms with E-state index in [0.29, 0.717) is 23.7 Å². The molecule has 106 valence electrons. The summed E-state index contributed by atoms with van der Waals surface area (Å²) >= 11 is 0. The maximum absolute atomic E-state index is 8.66. The molecular formula is C13H16N4O3. The summed E-state index contributed by atoms with van der Waals surface area (Å²) in [5, 5.41) is 15.8. The first-order valence-corrected chi connectivity index (χ1v) is 5.91. The molecule has 3 N–H and O–H groups in total. The molecule has 0 aliphatic rings. The second-order valence-corrected chi connectivity index (χ2v) is 4.12. The van der Waals surface area contributed by atoms with Crippen molar-refractivity contribution >= 4 is 5.84 Å². The zero-order valence-electron chi connectivity index (χ0n) is 11.3. The topological polar surface area (TPSA) is 94.9 Å². The van der Waals surface area contributed by atoms with Crippen molar-refractivity contribution in [3.8, 4) is 11.5 Å². The Balaban J connectivity index is 2.15. The van der Waals surface area contributed by atoms with E-state index in [-0.39, 0.29) is 5.84 Å². The predicted octanol–water partition coefficient (Wildman–Crippen LogP) is 1.10. The Bertz CT molecular complexity index is 622. The number of nitrogens with zero attached hydrogens (tertiary/aromatic N) is 3. The summed E-state index contributed by atoms with van der Waals surface area (Å²) in [5.41, 5.74) is 6.89.